The third kappa shape index (κ3) is 5.78. The smallest absolute Gasteiger partial charge is 0.0538 e. The average molecular weight is 754 g/mol. The van der Waals surface area contributed by atoms with Crippen molar-refractivity contribution in [2.24, 2.45) is 5.73 Å². The maximum atomic E-state index is 5.97. The van der Waals surface area contributed by atoms with E-state index in [4.69, 9.17) is 10.7 Å². The highest BCUT2D eigenvalue weighted by Crippen LogP contribution is 2.46. The second-order valence-corrected chi connectivity index (χ2v) is 15.4. The monoisotopic (exact) mass is 753 g/mol. The molecule has 2 aromatic heterocycles. The minimum atomic E-state index is 1.07. The predicted octanol–water partition coefficient (Wildman–Crippen LogP) is 14.5. The van der Waals surface area contributed by atoms with Gasteiger partial charge >= 0.3 is 0 Å². The van der Waals surface area contributed by atoms with Crippen molar-refractivity contribution in [3.05, 3.63) is 212 Å². The van der Waals surface area contributed by atoms with Gasteiger partial charge in [-0.25, -0.2) is 0 Å². The van der Waals surface area contributed by atoms with E-state index in [1.54, 1.807) is 6.20 Å². The van der Waals surface area contributed by atoms with Crippen LogP contribution in [0.25, 0.3) is 110 Å². The third-order valence-electron chi connectivity index (χ3n) is 12.0. The molecule has 0 amide bonds. The topological polar surface area (TPSA) is 43.8 Å². The van der Waals surface area contributed by atoms with Gasteiger partial charge in [-0.2, -0.15) is 0 Å². The first-order valence-electron chi connectivity index (χ1n) is 20.1. The molecular weight excluding hydrogens is 715 g/mol. The van der Waals surface area contributed by atoms with Gasteiger partial charge in [0, 0.05) is 34.6 Å². The zero-order valence-electron chi connectivity index (χ0n) is 32.6. The Labute approximate surface area is 343 Å². The number of aromatic nitrogens is 2. The predicted molar refractivity (Wildman–Crippen MR) is 251 cm³/mol. The summed E-state index contributed by atoms with van der Waals surface area (Å²) in [5, 5.41) is 11.0. The number of nitrogens with zero attached hydrogens (tertiary/aromatic N) is 2. The van der Waals surface area contributed by atoms with Gasteiger partial charge in [0.1, 0.15) is 0 Å². The summed E-state index contributed by atoms with van der Waals surface area (Å²) in [6, 6.07) is 66.3. The van der Waals surface area contributed by atoms with Crippen LogP contribution in [0, 0.1) is 6.92 Å². The lowest BCUT2D eigenvalue weighted by Gasteiger charge is -2.19. The Kier molecular flexibility index (Phi) is 8.20. The largest absolute Gasteiger partial charge is 0.405 e. The molecule has 0 fully saturated rings. The molecule has 11 rings (SSSR count). The SMILES string of the molecule is Cc1c(/C=C\N)n(-c2ccccc2)c2ccc(-c3cncc(-c4ccc5c(-c6ccc7ccccc7c6)c6ccccc6c(-c6ccc7ccccc7c6)c5c4)c3)cc12. The van der Waals surface area contributed by atoms with Crippen LogP contribution >= 0.6 is 0 Å². The summed E-state index contributed by atoms with van der Waals surface area (Å²) < 4.78 is 2.28. The van der Waals surface area contributed by atoms with Crippen molar-refractivity contribution >= 4 is 60.1 Å². The average Bonchev–Trinajstić information content (AvgIpc) is 3.57. The van der Waals surface area contributed by atoms with E-state index in [0.717, 1.165) is 39.2 Å². The van der Waals surface area contributed by atoms with Crippen molar-refractivity contribution in [1.82, 2.24) is 9.55 Å². The zero-order chi connectivity index (χ0) is 39.5. The lowest BCUT2D eigenvalue weighted by atomic mass is 9.84. The highest BCUT2D eigenvalue weighted by Gasteiger charge is 2.19. The fraction of sp³-hybridized carbons (Fsp3) is 0.0179. The van der Waals surface area contributed by atoms with Crippen LogP contribution in [-0.2, 0) is 0 Å². The first-order chi connectivity index (χ1) is 29.1. The van der Waals surface area contributed by atoms with E-state index in [2.05, 4.69) is 187 Å². The Morgan fingerprint density at radius 2 is 0.932 bits per heavy atom. The molecule has 0 saturated heterocycles. The molecule has 3 heteroatoms. The van der Waals surface area contributed by atoms with E-state index in [0.29, 0.717) is 0 Å². The number of hydrogen-bond acceptors (Lipinski definition) is 2. The Hall–Kier alpha value is -7.75. The summed E-state index contributed by atoms with van der Waals surface area (Å²) in [5.41, 5.74) is 19.7. The standard InChI is InChI=1S/C56H39N3/c1-36-51-32-42(24-26-54(51)59(53(36)27-28-57)47-15-3-2-4-16-47)46-31-45(34-58-35-46)41-23-25-50-52(33-41)56(44-22-20-38-12-6-8-14-40(38)30-44)49-18-10-9-17-48(49)55(50)43-21-19-37-11-5-7-13-39(37)29-43/h2-35H,57H2,1H3/b28-27-. The lowest BCUT2D eigenvalue weighted by molar-refractivity contribution is 1.10. The fourth-order valence-electron chi connectivity index (χ4n) is 9.22. The molecule has 0 aliphatic carbocycles. The van der Waals surface area contributed by atoms with Gasteiger partial charge in [-0.1, -0.05) is 133 Å². The Balaban J connectivity index is 1.11. The highest BCUT2D eigenvalue weighted by atomic mass is 15.0. The van der Waals surface area contributed by atoms with Gasteiger partial charge in [-0.15, -0.1) is 0 Å². The van der Waals surface area contributed by atoms with Crippen LogP contribution in [0.5, 0.6) is 0 Å². The van der Waals surface area contributed by atoms with Crippen LogP contribution in [-0.4, -0.2) is 9.55 Å². The maximum absolute atomic E-state index is 5.97. The molecule has 9 aromatic carbocycles. The molecule has 0 saturated carbocycles. The molecule has 0 aliphatic rings. The van der Waals surface area contributed by atoms with E-state index in [9.17, 15) is 0 Å². The van der Waals surface area contributed by atoms with Crippen molar-refractivity contribution in [3.63, 3.8) is 0 Å². The zero-order valence-corrected chi connectivity index (χ0v) is 32.6. The quantitative estimate of drug-likeness (QED) is 0.172. The van der Waals surface area contributed by atoms with Crippen molar-refractivity contribution in [3.8, 4) is 50.2 Å². The molecule has 11 aromatic rings. The van der Waals surface area contributed by atoms with Crippen LogP contribution in [0.2, 0.25) is 0 Å². The number of pyridine rings is 1. The summed E-state index contributed by atoms with van der Waals surface area (Å²) >= 11 is 0. The number of rotatable bonds is 6. The number of para-hydroxylation sites is 1. The summed E-state index contributed by atoms with van der Waals surface area (Å²) in [6.45, 7) is 2.17. The molecule has 2 N–H and O–H groups in total. The Morgan fingerprint density at radius 1 is 0.424 bits per heavy atom. The van der Waals surface area contributed by atoms with Crippen molar-refractivity contribution < 1.29 is 0 Å². The summed E-state index contributed by atoms with van der Waals surface area (Å²) in [6.07, 6.45) is 7.58. The van der Waals surface area contributed by atoms with Gasteiger partial charge in [0.05, 0.1) is 11.2 Å². The molecule has 0 spiro atoms. The van der Waals surface area contributed by atoms with Gasteiger partial charge in [0.15, 0.2) is 0 Å². The summed E-state index contributed by atoms with van der Waals surface area (Å²) in [4.78, 5) is 4.85. The first kappa shape index (κ1) is 34.5. The fourth-order valence-corrected chi connectivity index (χ4v) is 9.22. The number of fused-ring (bicyclic) bond motifs is 5. The van der Waals surface area contributed by atoms with E-state index in [-0.39, 0.29) is 0 Å². The molecule has 2 heterocycles. The molecule has 0 unspecified atom stereocenters. The van der Waals surface area contributed by atoms with E-state index >= 15 is 0 Å². The molecule has 0 aliphatic heterocycles. The minimum absolute atomic E-state index is 1.07. The van der Waals surface area contributed by atoms with Crippen molar-refractivity contribution in [1.29, 1.82) is 0 Å². The van der Waals surface area contributed by atoms with Crippen molar-refractivity contribution in [2.75, 3.05) is 0 Å². The van der Waals surface area contributed by atoms with E-state index in [1.165, 1.54) is 76.3 Å². The van der Waals surface area contributed by atoms with Gasteiger partial charge < -0.3 is 10.3 Å². The van der Waals surface area contributed by atoms with Crippen molar-refractivity contribution in [2.45, 2.75) is 6.92 Å². The number of aryl methyl sites for hydroxylation is 1. The second kappa shape index (κ2) is 14.0. The molecule has 0 atom stereocenters. The summed E-state index contributed by atoms with van der Waals surface area (Å²) in [5.74, 6) is 0. The molecule has 0 radical (unpaired) electrons. The van der Waals surface area contributed by atoms with Gasteiger partial charge in [0.25, 0.3) is 0 Å². The highest BCUT2D eigenvalue weighted by molar-refractivity contribution is 6.22. The van der Waals surface area contributed by atoms with Crippen LogP contribution in [0.15, 0.2) is 201 Å². The van der Waals surface area contributed by atoms with Gasteiger partial charge in [0.2, 0.25) is 0 Å². The van der Waals surface area contributed by atoms with Crippen LogP contribution in [0.4, 0.5) is 0 Å². The van der Waals surface area contributed by atoms with Gasteiger partial charge in [-0.05, 0) is 150 Å². The Morgan fingerprint density at radius 3 is 1.56 bits per heavy atom. The molecular formula is C56H39N3. The number of hydrogen-bond donors (Lipinski definition) is 1. The van der Waals surface area contributed by atoms with E-state index in [1.807, 2.05) is 24.5 Å². The van der Waals surface area contributed by atoms with Crippen LogP contribution in [0.1, 0.15) is 11.3 Å². The number of nitrogens with two attached hydrogens (primary N) is 1. The van der Waals surface area contributed by atoms with Gasteiger partial charge in [-0.3, -0.25) is 4.98 Å². The van der Waals surface area contributed by atoms with Crippen LogP contribution < -0.4 is 5.73 Å². The maximum Gasteiger partial charge on any atom is 0.0538 e. The molecule has 59 heavy (non-hydrogen) atoms. The first-order valence-corrected chi connectivity index (χ1v) is 20.1. The van der Waals surface area contributed by atoms with E-state index < -0.39 is 0 Å². The molecule has 0 bridgehead atoms. The molecule has 278 valence electrons. The normalized spacial score (nSPS) is 11.8. The lowest BCUT2D eigenvalue weighted by Crippen LogP contribution is -1.97. The number of benzene rings is 9. The third-order valence-corrected chi connectivity index (χ3v) is 12.0. The van der Waals surface area contributed by atoms with Crippen LogP contribution in [0.3, 0.4) is 0 Å². The summed E-state index contributed by atoms with van der Waals surface area (Å²) in [7, 11) is 0. The second-order valence-electron chi connectivity index (χ2n) is 15.4. The minimum Gasteiger partial charge on any atom is -0.405 e. The Bertz CT molecular complexity index is 3460. The molecule has 3 nitrogen and oxygen atoms in total.